The lowest BCUT2D eigenvalue weighted by molar-refractivity contribution is 0.662. The summed E-state index contributed by atoms with van der Waals surface area (Å²) in [4.78, 5) is 23.0. The van der Waals surface area contributed by atoms with E-state index in [-0.39, 0.29) is 5.56 Å². The Kier molecular flexibility index (Phi) is 4.81. The minimum Gasteiger partial charge on any atom is -0.311 e. The number of H-pyrrole nitrogens is 1. The van der Waals surface area contributed by atoms with Crippen LogP contribution in [0.5, 0.6) is 0 Å². The third-order valence-electron chi connectivity index (χ3n) is 2.50. The molecule has 19 heavy (non-hydrogen) atoms. The summed E-state index contributed by atoms with van der Waals surface area (Å²) in [6.45, 7) is 3.58. The van der Waals surface area contributed by atoms with Crippen LogP contribution in [0.3, 0.4) is 0 Å². The number of hydrogen-bond donors (Lipinski definition) is 2. The first kappa shape index (κ1) is 13.9. The molecular weight excluding hydrogens is 308 g/mol. The van der Waals surface area contributed by atoms with Crippen LogP contribution >= 0.6 is 15.9 Å². The van der Waals surface area contributed by atoms with Crippen molar-refractivity contribution in [2.75, 3.05) is 6.54 Å². The van der Waals surface area contributed by atoms with Crippen molar-refractivity contribution in [2.45, 2.75) is 19.9 Å². The molecule has 2 rings (SSSR count). The Labute approximate surface area is 119 Å². The van der Waals surface area contributed by atoms with E-state index in [4.69, 9.17) is 0 Å². The zero-order valence-corrected chi connectivity index (χ0v) is 12.2. The van der Waals surface area contributed by atoms with Crippen LogP contribution in [-0.2, 0) is 6.54 Å². The first-order valence-electron chi connectivity index (χ1n) is 6.12. The SMILES string of the molecule is CCCNCc1cc(=O)[nH]c(-c2ccc(Br)cn2)n1. The van der Waals surface area contributed by atoms with Crippen molar-refractivity contribution in [3.05, 3.63) is 44.9 Å². The number of halogens is 1. The second-order valence-electron chi connectivity index (χ2n) is 4.12. The van der Waals surface area contributed by atoms with Crippen molar-refractivity contribution < 1.29 is 0 Å². The van der Waals surface area contributed by atoms with E-state index >= 15 is 0 Å². The number of rotatable bonds is 5. The molecule has 0 unspecified atom stereocenters. The summed E-state index contributed by atoms with van der Waals surface area (Å²) >= 11 is 3.32. The van der Waals surface area contributed by atoms with Crippen LogP contribution in [0, 0.1) is 0 Å². The van der Waals surface area contributed by atoms with Crippen molar-refractivity contribution >= 4 is 15.9 Å². The molecular formula is C13H15BrN4O. The molecule has 6 heteroatoms. The lowest BCUT2D eigenvalue weighted by Crippen LogP contribution is -2.18. The van der Waals surface area contributed by atoms with Crippen molar-refractivity contribution in [1.29, 1.82) is 0 Å². The highest BCUT2D eigenvalue weighted by atomic mass is 79.9. The fraction of sp³-hybridized carbons (Fsp3) is 0.308. The molecule has 0 aliphatic carbocycles. The quantitative estimate of drug-likeness (QED) is 0.827. The number of pyridine rings is 1. The highest BCUT2D eigenvalue weighted by molar-refractivity contribution is 9.10. The van der Waals surface area contributed by atoms with Crippen LogP contribution in [-0.4, -0.2) is 21.5 Å². The predicted octanol–water partition coefficient (Wildman–Crippen LogP) is 2.09. The third-order valence-corrected chi connectivity index (χ3v) is 2.97. The largest absolute Gasteiger partial charge is 0.311 e. The van der Waals surface area contributed by atoms with Gasteiger partial charge in [-0.15, -0.1) is 0 Å². The molecule has 0 aliphatic rings. The van der Waals surface area contributed by atoms with Crippen LogP contribution in [0.25, 0.3) is 11.5 Å². The van der Waals surface area contributed by atoms with Gasteiger partial charge in [0.25, 0.3) is 5.56 Å². The maximum absolute atomic E-state index is 11.6. The Bertz CT molecular complexity index is 594. The molecule has 2 heterocycles. The van der Waals surface area contributed by atoms with Gasteiger partial charge in [0.2, 0.25) is 0 Å². The molecule has 0 atom stereocenters. The van der Waals surface area contributed by atoms with Crippen LogP contribution in [0.4, 0.5) is 0 Å². The molecule has 2 aromatic heterocycles. The van der Waals surface area contributed by atoms with Gasteiger partial charge in [0.05, 0.1) is 5.69 Å². The van der Waals surface area contributed by atoms with Crippen LogP contribution in [0.1, 0.15) is 19.0 Å². The fourth-order valence-corrected chi connectivity index (χ4v) is 1.86. The van der Waals surface area contributed by atoms with Crippen LogP contribution in [0.15, 0.2) is 33.7 Å². The van der Waals surface area contributed by atoms with Gasteiger partial charge in [-0.2, -0.15) is 0 Å². The minimum atomic E-state index is -0.164. The Morgan fingerprint density at radius 2 is 2.26 bits per heavy atom. The third kappa shape index (κ3) is 3.97. The first-order chi connectivity index (χ1) is 9.19. The molecule has 0 aliphatic heterocycles. The highest BCUT2D eigenvalue weighted by Gasteiger charge is 2.05. The van der Waals surface area contributed by atoms with Gasteiger partial charge in [-0.05, 0) is 41.0 Å². The van der Waals surface area contributed by atoms with Crippen molar-refractivity contribution in [2.24, 2.45) is 0 Å². The van der Waals surface area contributed by atoms with Crippen LogP contribution < -0.4 is 10.9 Å². The average Bonchev–Trinajstić information content (AvgIpc) is 2.39. The van der Waals surface area contributed by atoms with E-state index in [1.807, 2.05) is 12.1 Å². The summed E-state index contributed by atoms with van der Waals surface area (Å²) in [5, 5.41) is 3.22. The predicted molar refractivity (Wildman–Crippen MR) is 77.8 cm³/mol. The van der Waals surface area contributed by atoms with Crippen LogP contribution in [0.2, 0.25) is 0 Å². The Balaban J connectivity index is 2.25. The van der Waals surface area contributed by atoms with E-state index in [1.54, 1.807) is 6.20 Å². The molecule has 0 bridgehead atoms. The van der Waals surface area contributed by atoms with E-state index in [1.165, 1.54) is 6.07 Å². The number of hydrogen-bond acceptors (Lipinski definition) is 4. The van der Waals surface area contributed by atoms with Gasteiger partial charge in [0, 0.05) is 23.3 Å². The monoisotopic (exact) mass is 322 g/mol. The molecule has 5 nitrogen and oxygen atoms in total. The summed E-state index contributed by atoms with van der Waals surface area (Å²) in [5.41, 5.74) is 1.21. The molecule has 2 aromatic rings. The molecule has 0 aromatic carbocycles. The van der Waals surface area contributed by atoms with Gasteiger partial charge < -0.3 is 10.3 Å². The average molecular weight is 323 g/mol. The second kappa shape index (κ2) is 6.58. The van der Waals surface area contributed by atoms with Gasteiger partial charge in [0.15, 0.2) is 5.82 Å². The van der Waals surface area contributed by atoms with E-state index in [0.29, 0.717) is 18.1 Å². The molecule has 0 fully saturated rings. The fourth-order valence-electron chi connectivity index (χ4n) is 1.63. The van der Waals surface area contributed by atoms with Gasteiger partial charge in [-0.1, -0.05) is 6.92 Å². The second-order valence-corrected chi connectivity index (χ2v) is 5.04. The van der Waals surface area contributed by atoms with Gasteiger partial charge in [0.1, 0.15) is 5.69 Å². The number of aromatic amines is 1. The van der Waals surface area contributed by atoms with E-state index < -0.39 is 0 Å². The molecule has 0 spiro atoms. The lowest BCUT2D eigenvalue weighted by atomic mass is 10.3. The Morgan fingerprint density at radius 1 is 1.42 bits per heavy atom. The lowest BCUT2D eigenvalue weighted by Gasteiger charge is -2.05. The molecule has 2 N–H and O–H groups in total. The molecule has 0 saturated heterocycles. The number of aromatic nitrogens is 3. The normalized spacial score (nSPS) is 10.6. The van der Waals surface area contributed by atoms with Gasteiger partial charge >= 0.3 is 0 Å². The summed E-state index contributed by atoms with van der Waals surface area (Å²) in [7, 11) is 0. The Hall–Kier alpha value is -1.53. The van der Waals surface area contributed by atoms with Crippen molar-refractivity contribution in [1.82, 2.24) is 20.3 Å². The maximum Gasteiger partial charge on any atom is 0.251 e. The van der Waals surface area contributed by atoms with Gasteiger partial charge in [-0.3, -0.25) is 9.78 Å². The molecule has 0 amide bonds. The zero-order chi connectivity index (χ0) is 13.7. The molecule has 0 saturated carbocycles. The summed E-state index contributed by atoms with van der Waals surface area (Å²) < 4.78 is 0.888. The first-order valence-corrected chi connectivity index (χ1v) is 6.91. The van der Waals surface area contributed by atoms with Gasteiger partial charge in [-0.25, -0.2) is 4.98 Å². The summed E-state index contributed by atoms with van der Waals surface area (Å²) in [6.07, 6.45) is 2.72. The number of nitrogens with one attached hydrogen (secondary N) is 2. The van der Waals surface area contributed by atoms with E-state index in [2.05, 4.69) is 43.1 Å². The van der Waals surface area contributed by atoms with Crippen molar-refractivity contribution in [3.8, 4) is 11.5 Å². The maximum atomic E-state index is 11.6. The minimum absolute atomic E-state index is 0.164. The zero-order valence-electron chi connectivity index (χ0n) is 10.6. The van der Waals surface area contributed by atoms with Crippen molar-refractivity contribution in [3.63, 3.8) is 0 Å². The number of nitrogens with zero attached hydrogens (tertiary/aromatic N) is 2. The summed E-state index contributed by atoms with van der Waals surface area (Å²) in [5.74, 6) is 0.494. The van der Waals surface area contributed by atoms with E-state index in [0.717, 1.165) is 23.1 Å². The standard InChI is InChI=1S/C13H15BrN4O/c1-2-5-15-8-10-6-12(19)18-13(17-10)11-4-3-9(14)7-16-11/h3-4,6-7,15H,2,5,8H2,1H3,(H,17,18,19). The van der Waals surface area contributed by atoms with E-state index in [9.17, 15) is 4.79 Å². The molecule has 0 radical (unpaired) electrons. The Morgan fingerprint density at radius 3 is 2.95 bits per heavy atom. The summed E-state index contributed by atoms with van der Waals surface area (Å²) in [6, 6.07) is 5.18. The topological polar surface area (TPSA) is 70.7 Å². The molecule has 100 valence electrons. The highest BCUT2D eigenvalue weighted by Crippen LogP contribution is 2.14. The smallest absolute Gasteiger partial charge is 0.251 e.